The Morgan fingerprint density at radius 1 is 1.15 bits per heavy atom. The molecule has 0 radical (unpaired) electrons. The summed E-state index contributed by atoms with van der Waals surface area (Å²) < 4.78 is 0. The van der Waals surface area contributed by atoms with Crippen molar-refractivity contribution in [2.24, 2.45) is 0 Å². The number of nitrogens with zero attached hydrogens (tertiary/aromatic N) is 1. The van der Waals surface area contributed by atoms with E-state index in [2.05, 4.69) is 32.3 Å². The summed E-state index contributed by atoms with van der Waals surface area (Å²) >= 11 is 0. The van der Waals surface area contributed by atoms with E-state index >= 15 is 0 Å². The van der Waals surface area contributed by atoms with Gasteiger partial charge in [-0.3, -0.25) is 4.90 Å². The molecule has 0 fully saturated rings. The molecule has 0 aliphatic heterocycles. The van der Waals surface area contributed by atoms with Crippen LogP contribution in [-0.4, -0.2) is 24.5 Å². The maximum Gasteiger partial charge on any atom is 0.0187 e. The highest BCUT2D eigenvalue weighted by Crippen LogP contribution is 2.02. The zero-order chi connectivity index (χ0) is 10.1. The fourth-order valence-corrected chi connectivity index (χ4v) is 1.49. The zero-order valence-electron chi connectivity index (χ0n) is 9.60. The van der Waals surface area contributed by atoms with Crippen molar-refractivity contribution < 1.29 is 0 Å². The summed E-state index contributed by atoms with van der Waals surface area (Å²) in [5.41, 5.74) is 1.28. The fourth-order valence-electron chi connectivity index (χ4n) is 1.49. The molecule has 0 unspecified atom stereocenters. The van der Waals surface area contributed by atoms with Gasteiger partial charge >= 0.3 is 0 Å². The van der Waals surface area contributed by atoms with Gasteiger partial charge in [0.2, 0.25) is 0 Å². The molecule has 0 aromatic rings. The second kappa shape index (κ2) is 8.31. The van der Waals surface area contributed by atoms with Crippen molar-refractivity contribution in [1.82, 2.24) is 4.90 Å². The average molecular weight is 183 g/mol. The van der Waals surface area contributed by atoms with E-state index in [1.54, 1.807) is 0 Å². The fraction of sp³-hybridized carbons (Fsp3) is 0.833. The van der Waals surface area contributed by atoms with Gasteiger partial charge in [0.05, 0.1) is 0 Å². The summed E-state index contributed by atoms with van der Waals surface area (Å²) in [7, 11) is 0. The lowest BCUT2D eigenvalue weighted by Crippen LogP contribution is -2.26. The quantitative estimate of drug-likeness (QED) is 0.411. The number of likely N-dealkylation sites (N-methyl/N-ethyl adjacent to an activating group) is 1. The van der Waals surface area contributed by atoms with E-state index in [1.165, 1.54) is 37.8 Å². The SMILES string of the molecule is C=C(C)CN(CC)CCCCCC. The highest BCUT2D eigenvalue weighted by Gasteiger charge is 2.00. The molecule has 0 aromatic carbocycles. The first-order chi connectivity index (χ1) is 6.20. The van der Waals surface area contributed by atoms with Crippen molar-refractivity contribution in [1.29, 1.82) is 0 Å². The van der Waals surface area contributed by atoms with Crippen LogP contribution < -0.4 is 0 Å². The monoisotopic (exact) mass is 183 g/mol. The van der Waals surface area contributed by atoms with Crippen LogP contribution >= 0.6 is 0 Å². The van der Waals surface area contributed by atoms with E-state index in [1.807, 2.05) is 0 Å². The molecule has 78 valence electrons. The topological polar surface area (TPSA) is 3.24 Å². The van der Waals surface area contributed by atoms with Crippen molar-refractivity contribution in [2.75, 3.05) is 19.6 Å². The largest absolute Gasteiger partial charge is 0.300 e. The minimum absolute atomic E-state index is 1.07. The van der Waals surface area contributed by atoms with Gasteiger partial charge in [0.1, 0.15) is 0 Å². The van der Waals surface area contributed by atoms with Gasteiger partial charge in [-0.05, 0) is 26.4 Å². The number of rotatable bonds is 8. The van der Waals surface area contributed by atoms with Crippen LogP contribution in [0.1, 0.15) is 46.5 Å². The van der Waals surface area contributed by atoms with E-state index in [0.29, 0.717) is 0 Å². The normalized spacial score (nSPS) is 10.8. The first-order valence-corrected chi connectivity index (χ1v) is 5.57. The van der Waals surface area contributed by atoms with Crippen molar-refractivity contribution in [2.45, 2.75) is 46.5 Å². The molecule has 0 rings (SSSR count). The minimum atomic E-state index is 1.07. The maximum absolute atomic E-state index is 3.95. The van der Waals surface area contributed by atoms with Crippen LogP contribution in [0.2, 0.25) is 0 Å². The Hall–Kier alpha value is -0.300. The smallest absolute Gasteiger partial charge is 0.0187 e. The van der Waals surface area contributed by atoms with E-state index in [0.717, 1.165) is 13.1 Å². The average Bonchev–Trinajstić information content (AvgIpc) is 2.09. The highest BCUT2D eigenvalue weighted by atomic mass is 15.1. The molecule has 1 heteroatoms. The molecule has 0 bridgehead atoms. The molecular formula is C12H25N. The Kier molecular flexibility index (Phi) is 8.11. The third-order valence-corrected chi connectivity index (χ3v) is 2.27. The van der Waals surface area contributed by atoms with Gasteiger partial charge in [-0.25, -0.2) is 0 Å². The van der Waals surface area contributed by atoms with E-state index in [4.69, 9.17) is 0 Å². The molecular weight excluding hydrogens is 158 g/mol. The third-order valence-electron chi connectivity index (χ3n) is 2.27. The zero-order valence-corrected chi connectivity index (χ0v) is 9.60. The summed E-state index contributed by atoms with van der Waals surface area (Å²) in [4.78, 5) is 2.47. The Morgan fingerprint density at radius 3 is 2.31 bits per heavy atom. The molecule has 0 aliphatic rings. The lowest BCUT2D eigenvalue weighted by atomic mass is 10.2. The van der Waals surface area contributed by atoms with Crippen LogP contribution in [0.5, 0.6) is 0 Å². The van der Waals surface area contributed by atoms with Crippen LogP contribution in [0, 0.1) is 0 Å². The molecule has 0 amide bonds. The van der Waals surface area contributed by atoms with Crippen molar-refractivity contribution in [3.63, 3.8) is 0 Å². The molecule has 0 heterocycles. The second-order valence-electron chi connectivity index (χ2n) is 3.89. The lowest BCUT2D eigenvalue weighted by Gasteiger charge is -2.20. The summed E-state index contributed by atoms with van der Waals surface area (Å²) in [5.74, 6) is 0. The Bertz CT molecular complexity index is 129. The Labute approximate surface area is 83.8 Å². The van der Waals surface area contributed by atoms with Gasteiger partial charge in [-0.2, -0.15) is 0 Å². The van der Waals surface area contributed by atoms with Crippen LogP contribution in [0.25, 0.3) is 0 Å². The van der Waals surface area contributed by atoms with E-state index in [-0.39, 0.29) is 0 Å². The first-order valence-electron chi connectivity index (χ1n) is 5.57. The summed E-state index contributed by atoms with van der Waals surface area (Å²) in [6.45, 7) is 14.0. The molecule has 0 saturated carbocycles. The number of hydrogen-bond acceptors (Lipinski definition) is 1. The lowest BCUT2D eigenvalue weighted by molar-refractivity contribution is 0.304. The first kappa shape index (κ1) is 12.7. The molecule has 0 aromatic heterocycles. The number of unbranched alkanes of at least 4 members (excludes halogenated alkanes) is 3. The van der Waals surface area contributed by atoms with E-state index < -0.39 is 0 Å². The summed E-state index contributed by atoms with van der Waals surface area (Å²) in [6.07, 6.45) is 5.43. The molecule has 13 heavy (non-hydrogen) atoms. The van der Waals surface area contributed by atoms with Gasteiger partial charge in [0.25, 0.3) is 0 Å². The minimum Gasteiger partial charge on any atom is -0.300 e. The maximum atomic E-state index is 3.95. The predicted molar refractivity (Wildman–Crippen MR) is 61.1 cm³/mol. The van der Waals surface area contributed by atoms with Gasteiger partial charge in [0.15, 0.2) is 0 Å². The van der Waals surface area contributed by atoms with Gasteiger partial charge in [-0.15, -0.1) is 0 Å². The highest BCUT2D eigenvalue weighted by molar-refractivity contribution is 4.91. The van der Waals surface area contributed by atoms with Gasteiger partial charge in [-0.1, -0.05) is 45.3 Å². The summed E-state index contributed by atoms with van der Waals surface area (Å²) in [5, 5.41) is 0. The molecule has 1 nitrogen and oxygen atoms in total. The second-order valence-corrected chi connectivity index (χ2v) is 3.89. The van der Waals surface area contributed by atoms with E-state index in [9.17, 15) is 0 Å². The van der Waals surface area contributed by atoms with Crippen LogP contribution in [0.15, 0.2) is 12.2 Å². The van der Waals surface area contributed by atoms with Crippen molar-refractivity contribution in [3.8, 4) is 0 Å². The predicted octanol–water partition coefficient (Wildman–Crippen LogP) is 3.46. The van der Waals surface area contributed by atoms with Crippen molar-refractivity contribution >= 4 is 0 Å². The molecule has 0 spiro atoms. The molecule has 0 saturated heterocycles. The van der Waals surface area contributed by atoms with Crippen molar-refractivity contribution in [3.05, 3.63) is 12.2 Å². The molecule has 0 atom stereocenters. The van der Waals surface area contributed by atoms with Gasteiger partial charge < -0.3 is 0 Å². The molecule has 0 N–H and O–H groups in total. The van der Waals surface area contributed by atoms with Gasteiger partial charge in [0, 0.05) is 6.54 Å². The van der Waals surface area contributed by atoms with Crippen LogP contribution in [0.3, 0.4) is 0 Å². The Morgan fingerprint density at radius 2 is 1.85 bits per heavy atom. The van der Waals surface area contributed by atoms with Crippen LogP contribution in [-0.2, 0) is 0 Å². The number of hydrogen-bond donors (Lipinski definition) is 0. The Balaban J connectivity index is 3.42. The summed E-state index contributed by atoms with van der Waals surface area (Å²) in [6, 6.07) is 0. The third kappa shape index (κ3) is 8.04. The standard InChI is InChI=1S/C12H25N/c1-5-7-8-9-10-13(6-2)11-12(3)4/h3,5-11H2,1-2,4H3. The molecule has 0 aliphatic carbocycles. The van der Waals surface area contributed by atoms with Crippen LogP contribution in [0.4, 0.5) is 0 Å².